The third-order valence-corrected chi connectivity index (χ3v) is 14.2. The van der Waals surface area contributed by atoms with E-state index in [9.17, 15) is 32.4 Å². The van der Waals surface area contributed by atoms with Gasteiger partial charge in [0.25, 0.3) is 11.5 Å². The van der Waals surface area contributed by atoms with Crippen LogP contribution in [-0.4, -0.2) is 83.3 Å². The number of amides is 4. The van der Waals surface area contributed by atoms with Crippen LogP contribution in [0.4, 0.5) is 4.79 Å². The summed E-state index contributed by atoms with van der Waals surface area (Å²) < 4.78 is 41.7. The molecule has 0 unspecified atom stereocenters. The number of ether oxygens (including phenoxy) is 2. The number of aromatic nitrogens is 1. The van der Waals surface area contributed by atoms with Crippen LogP contribution < -0.4 is 25.7 Å². The average molecular weight is 764 g/mol. The summed E-state index contributed by atoms with van der Waals surface area (Å²) in [7, 11) is -3.90. The minimum absolute atomic E-state index is 0.0251. The van der Waals surface area contributed by atoms with Crippen molar-refractivity contribution in [2.75, 3.05) is 6.54 Å². The Morgan fingerprint density at radius 2 is 1.69 bits per heavy atom. The van der Waals surface area contributed by atoms with Gasteiger partial charge < -0.3 is 25.0 Å². The molecule has 14 nitrogen and oxygen atoms in total. The van der Waals surface area contributed by atoms with Crippen LogP contribution in [0.2, 0.25) is 0 Å². The fourth-order valence-electron chi connectivity index (χ4n) is 8.82. The third kappa shape index (κ3) is 7.23. The van der Waals surface area contributed by atoms with Crippen molar-refractivity contribution in [2.24, 2.45) is 17.8 Å². The number of nitrogens with one attached hydrogen (secondary N) is 3. The maximum Gasteiger partial charge on any atom is 0.408 e. The van der Waals surface area contributed by atoms with Gasteiger partial charge in [0.05, 0.1) is 11.8 Å². The van der Waals surface area contributed by atoms with Crippen LogP contribution in [0.3, 0.4) is 0 Å². The van der Waals surface area contributed by atoms with Crippen LogP contribution in [0.5, 0.6) is 5.88 Å². The van der Waals surface area contributed by atoms with Crippen molar-refractivity contribution in [3.05, 3.63) is 53.3 Å². The molecule has 3 N–H and O–H groups in total. The maximum atomic E-state index is 14.7. The molecule has 0 spiro atoms. The number of pyridine rings is 1. The molecule has 3 heterocycles. The lowest BCUT2D eigenvalue weighted by Crippen LogP contribution is -2.59. The van der Waals surface area contributed by atoms with E-state index in [1.807, 2.05) is 24.3 Å². The summed E-state index contributed by atoms with van der Waals surface area (Å²) in [6, 6.07) is 7.03. The number of hydrogen-bond acceptors (Lipinski definition) is 9. The zero-order valence-corrected chi connectivity index (χ0v) is 31.2. The number of benzene rings is 1. The average Bonchev–Trinajstić information content (AvgIpc) is 4.11. The van der Waals surface area contributed by atoms with Crippen molar-refractivity contribution in [3.8, 4) is 5.88 Å². The maximum absolute atomic E-state index is 14.7. The predicted octanol–water partition coefficient (Wildman–Crippen LogP) is 3.27. The lowest BCUT2D eigenvalue weighted by atomic mass is 9.96. The van der Waals surface area contributed by atoms with E-state index in [-0.39, 0.29) is 42.9 Å². The third-order valence-electron chi connectivity index (χ3n) is 12.3. The number of rotatable bonds is 7. The summed E-state index contributed by atoms with van der Waals surface area (Å²) in [5, 5.41) is 6.34. The molecule has 8 rings (SSSR count). The lowest BCUT2D eigenvalue weighted by molar-refractivity contribution is -0.142. The monoisotopic (exact) mass is 763 g/mol. The first kappa shape index (κ1) is 36.6. The van der Waals surface area contributed by atoms with Crippen LogP contribution in [-0.2, 0) is 35.7 Å². The molecule has 6 aliphatic rings. The molecule has 7 atom stereocenters. The molecule has 2 aromatic rings. The molecule has 290 valence electrons. The Balaban J connectivity index is 1.12. The standard InChI is InChI=1S/C39H49N5O9S/c1-2-26-21-39(26,37(48)42-54(50,51)28-15-16-28)41-34(45)30-20-27-22-44(30)36(47)33(23-10-5-6-11-23)40-38(49)53-31-18-25(31)13-4-3-9-17-43-32(52-27)19-24-12-7-8-14-29(24)35(43)46/h2,7-8,12,14,19,23,25-28,30-31,33H,1,3-6,9-11,13,15-18,20-22H2,(H,40,49)(H,41,45)(H,42,48)/t25-,26-,27-,30+,31-,33+,39-/m1/s1. The summed E-state index contributed by atoms with van der Waals surface area (Å²) in [6.07, 6.45) is 8.42. The topological polar surface area (TPSA) is 182 Å². The second-order valence-corrected chi connectivity index (χ2v) is 18.1. The zero-order chi connectivity index (χ0) is 37.8. The molecule has 1 aromatic heterocycles. The highest BCUT2D eigenvalue weighted by Crippen LogP contribution is 2.46. The molecule has 4 saturated carbocycles. The van der Waals surface area contributed by atoms with E-state index >= 15 is 0 Å². The normalized spacial score (nSPS) is 31.8. The van der Waals surface area contributed by atoms with Gasteiger partial charge in [-0.2, -0.15) is 0 Å². The van der Waals surface area contributed by atoms with Gasteiger partial charge in [0.1, 0.15) is 29.8 Å². The highest BCUT2D eigenvalue weighted by molar-refractivity contribution is 7.91. The van der Waals surface area contributed by atoms with E-state index in [0.717, 1.165) is 57.8 Å². The Kier molecular flexibility index (Phi) is 9.72. The van der Waals surface area contributed by atoms with Crippen molar-refractivity contribution < 1.29 is 37.1 Å². The van der Waals surface area contributed by atoms with Gasteiger partial charge in [0.15, 0.2) is 5.88 Å². The van der Waals surface area contributed by atoms with Gasteiger partial charge in [0, 0.05) is 30.3 Å². The predicted molar refractivity (Wildman–Crippen MR) is 198 cm³/mol. The van der Waals surface area contributed by atoms with Crippen LogP contribution in [0.15, 0.2) is 47.8 Å². The van der Waals surface area contributed by atoms with E-state index in [4.69, 9.17) is 9.47 Å². The molecular weight excluding hydrogens is 715 g/mol. The molecule has 54 heavy (non-hydrogen) atoms. The molecule has 0 radical (unpaired) electrons. The minimum atomic E-state index is -3.90. The van der Waals surface area contributed by atoms with E-state index in [1.54, 1.807) is 10.6 Å². The van der Waals surface area contributed by atoms with Crippen molar-refractivity contribution >= 4 is 44.6 Å². The number of carbonyl (C=O) groups is 4. The number of carbonyl (C=O) groups excluding carboxylic acids is 4. The number of fused-ring (bicyclic) bond motifs is 5. The quantitative estimate of drug-likeness (QED) is 0.357. The van der Waals surface area contributed by atoms with Crippen molar-refractivity contribution in [3.63, 3.8) is 0 Å². The Morgan fingerprint density at radius 3 is 2.43 bits per heavy atom. The van der Waals surface area contributed by atoms with Gasteiger partial charge in [-0.3, -0.25) is 28.5 Å². The highest BCUT2D eigenvalue weighted by Gasteiger charge is 2.62. The number of sulfonamides is 1. The van der Waals surface area contributed by atoms with Gasteiger partial charge in [-0.1, -0.05) is 50.0 Å². The molecule has 1 aromatic carbocycles. The highest BCUT2D eigenvalue weighted by atomic mass is 32.2. The summed E-state index contributed by atoms with van der Waals surface area (Å²) in [4.78, 5) is 71.2. The summed E-state index contributed by atoms with van der Waals surface area (Å²) >= 11 is 0. The first-order chi connectivity index (χ1) is 26.0. The van der Waals surface area contributed by atoms with Gasteiger partial charge >= 0.3 is 6.09 Å². The fourth-order valence-corrected chi connectivity index (χ4v) is 10.2. The van der Waals surface area contributed by atoms with Crippen LogP contribution in [0.25, 0.3) is 10.8 Å². The summed E-state index contributed by atoms with van der Waals surface area (Å²) in [6.45, 7) is 4.18. The summed E-state index contributed by atoms with van der Waals surface area (Å²) in [5.74, 6) is -2.04. The van der Waals surface area contributed by atoms with Crippen LogP contribution >= 0.6 is 0 Å². The van der Waals surface area contributed by atoms with E-state index in [1.165, 1.54) is 11.0 Å². The number of hydrogen-bond donors (Lipinski definition) is 3. The first-order valence-electron chi connectivity index (χ1n) is 19.5. The molecule has 2 bridgehead atoms. The van der Waals surface area contributed by atoms with E-state index < -0.39 is 68.7 Å². The largest absolute Gasteiger partial charge is 0.473 e. The van der Waals surface area contributed by atoms with Crippen LogP contribution in [0, 0.1) is 17.8 Å². The van der Waals surface area contributed by atoms with E-state index in [2.05, 4.69) is 21.9 Å². The summed E-state index contributed by atoms with van der Waals surface area (Å²) in [5.41, 5.74) is -1.73. The Hall–Kier alpha value is -4.40. The second-order valence-electron chi connectivity index (χ2n) is 16.1. The van der Waals surface area contributed by atoms with Crippen molar-refractivity contribution in [1.29, 1.82) is 0 Å². The van der Waals surface area contributed by atoms with Gasteiger partial charge in [-0.25, -0.2) is 13.2 Å². The molecule has 5 fully saturated rings. The number of nitrogens with zero attached hydrogens (tertiary/aromatic N) is 2. The van der Waals surface area contributed by atoms with Gasteiger partial charge in [-0.05, 0) is 74.7 Å². The molecule has 15 heteroatoms. The first-order valence-corrected chi connectivity index (χ1v) is 21.1. The Bertz CT molecular complexity index is 2020. The minimum Gasteiger partial charge on any atom is -0.473 e. The van der Waals surface area contributed by atoms with Crippen LogP contribution in [0.1, 0.15) is 83.5 Å². The molecule has 2 aliphatic heterocycles. The molecule has 1 saturated heterocycles. The van der Waals surface area contributed by atoms with E-state index in [0.29, 0.717) is 36.0 Å². The number of alkyl carbamates (subject to hydrolysis) is 1. The zero-order valence-electron chi connectivity index (χ0n) is 30.4. The molecule has 4 amide bonds. The van der Waals surface area contributed by atoms with Gasteiger partial charge in [0.2, 0.25) is 21.8 Å². The second kappa shape index (κ2) is 14.3. The lowest BCUT2D eigenvalue weighted by Gasteiger charge is -2.32. The Labute approximate surface area is 314 Å². The fraction of sp³-hybridized carbons (Fsp3) is 0.615. The smallest absolute Gasteiger partial charge is 0.408 e. The molecular formula is C39H49N5O9S. The SMILES string of the molecule is C=C[C@@H]1C[C@]1(NC(=O)[C@@H]1C[C@@H]2CN1C(=O)[C@H](C1CCCC1)NC(=O)O[C@@H]1C[C@H]1CCCCCn1c(cc3ccccc3c1=O)O2)C(=O)NS(=O)(=O)C1CC1. The van der Waals surface area contributed by atoms with Crippen molar-refractivity contribution in [1.82, 2.24) is 24.8 Å². The molecule has 4 aliphatic carbocycles. The Morgan fingerprint density at radius 1 is 0.944 bits per heavy atom. The van der Waals surface area contributed by atoms with Gasteiger partial charge in [-0.15, -0.1) is 6.58 Å². The van der Waals surface area contributed by atoms with Crippen molar-refractivity contribution in [2.45, 2.75) is 125 Å².